The van der Waals surface area contributed by atoms with Gasteiger partial charge in [-0.05, 0) is 32.0 Å². The summed E-state index contributed by atoms with van der Waals surface area (Å²) >= 11 is 0. The van der Waals surface area contributed by atoms with Crippen molar-refractivity contribution in [2.75, 3.05) is 5.32 Å². The summed E-state index contributed by atoms with van der Waals surface area (Å²) in [7, 11) is -3.87. The minimum absolute atomic E-state index is 0.0264. The Morgan fingerprint density at radius 1 is 1.20 bits per heavy atom. The van der Waals surface area contributed by atoms with E-state index in [1.54, 1.807) is 0 Å². The van der Waals surface area contributed by atoms with Crippen molar-refractivity contribution < 1.29 is 23.1 Å². The first-order valence-corrected chi connectivity index (χ1v) is 7.02. The van der Waals surface area contributed by atoms with Crippen LogP contribution in [0.4, 0.5) is 5.69 Å². The van der Waals surface area contributed by atoms with Crippen molar-refractivity contribution in [3.63, 3.8) is 0 Å². The second kappa shape index (κ2) is 5.85. The number of nitrogens with one attached hydrogen (secondary N) is 1. The number of benzene rings is 1. The maximum Gasteiger partial charge on any atom is 0.331 e. The lowest BCUT2D eigenvalue weighted by Gasteiger charge is -2.08. The summed E-state index contributed by atoms with van der Waals surface area (Å²) in [5, 5.41) is 16.2. The molecular formula is C12H14N2O5S. The second-order valence-electron chi connectivity index (χ2n) is 4.08. The van der Waals surface area contributed by atoms with Crippen LogP contribution < -0.4 is 10.5 Å². The minimum Gasteiger partial charge on any atom is -0.478 e. The van der Waals surface area contributed by atoms with Crippen molar-refractivity contribution in [1.29, 1.82) is 0 Å². The smallest absolute Gasteiger partial charge is 0.331 e. The molecule has 0 radical (unpaired) electrons. The Bertz CT molecular complexity index is 692. The van der Waals surface area contributed by atoms with Crippen LogP contribution in [0.1, 0.15) is 13.8 Å². The zero-order chi connectivity index (χ0) is 15.5. The van der Waals surface area contributed by atoms with E-state index >= 15 is 0 Å². The first-order valence-electron chi connectivity index (χ1n) is 5.48. The van der Waals surface area contributed by atoms with E-state index in [2.05, 4.69) is 5.32 Å². The number of carbonyl (C=O) groups excluding carboxylic acids is 1. The van der Waals surface area contributed by atoms with E-state index in [-0.39, 0.29) is 21.7 Å². The van der Waals surface area contributed by atoms with Crippen LogP contribution in [-0.2, 0) is 19.6 Å². The van der Waals surface area contributed by atoms with Gasteiger partial charge in [-0.15, -0.1) is 0 Å². The van der Waals surface area contributed by atoms with Crippen molar-refractivity contribution in [2.45, 2.75) is 18.7 Å². The highest BCUT2D eigenvalue weighted by Crippen LogP contribution is 2.15. The van der Waals surface area contributed by atoms with Gasteiger partial charge in [0, 0.05) is 16.8 Å². The Morgan fingerprint density at radius 2 is 1.80 bits per heavy atom. The van der Waals surface area contributed by atoms with Crippen molar-refractivity contribution >= 4 is 27.6 Å². The van der Waals surface area contributed by atoms with Gasteiger partial charge in [0.2, 0.25) is 10.0 Å². The molecule has 20 heavy (non-hydrogen) atoms. The third-order valence-corrected chi connectivity index (χ3v) is 3.56. The molecule has 0 heterocycles. The second-order valence-corrected chi connectivity index (χ2v) is 5.64. The first-order chi connectivity index (χ1) is 9.12. The molecule has 1 aromatic carbocycles. The van der Waals surface area contributed by atoms with E-state index in [0.717, 1.165) is 0 Å². The quantitative estimate of drug-likeness (QED) is 0.705. The number of primary sulfonamides is 1. The first kappa shape index (κ1) is 15.9. The molecule has 0 unspecified atom stereocenters. The Balaban J connectivity index is 3.04. The van der Waals surface area contributed by atoms with Crippen LogP contribution in [0, 0.1) is 0 Å². The molecule has 0 aliphatic rings. The van der Waals surface area contributed by atoms with Crippen LogP contribution in [0.3, 0.4) is 0 Å². The Labute approximate surface area is 116 Å². The highest BCUT2D eigenvalue weighted by atomic mass is 32.2. The zero-order valence-electron chi connectivity index (χ0n) is 10.9. The van der Waals surface area contributed by atoms with Gasteiger partial charge < -0.3 is 10.4 Å². The minimum atomic E-state index is -3.87. The summed E-state index contributed by atoms with van der Waals surface area (Å²) < 4.78 is 22.4. The molecule has 0 fully saturated rings. The molecule has 0 aliphatic carbocycles. The van der Waals surface area contributed by atoms with Gasteiger partial charge in [0.25, 0.3) is 5.91 Å². The van der Waals surface area contributed by atoms with Crippen molar-refractivity contribution in [3.8, 4) is 0 Å². The predicted octanol–water partition coefficient (Wildman–Crippen LogP) is 0.694. The summed E-state index contributed by atoms with van der Waals surface area (Å²) in [6.07, 6.45) is 0. The third-order valence-electron chi connectivity index (χ3n) is 2.64. The lowest BCUT2D eigenvalue weighted by molar-refractivity contribution is -0.133. The number of carboxylic acids is 1. The monoisotopic (exact) mass is 298 g/mol. The summed E-state index contributed by atoms with van der Waals surface area (Å²) in [5.74, 6) is -1.83. The van der Waals surface area contributed by atoms with Crippen molar-refractivity contribution in [2.24, 2.45) is 5.14 Å². The molecule has 0 bridgehead atoms. The van der Waals surface area contributed by atoms with E-state index in [4.69, 9.17) is 10.2 Å². The fourth-order valence-corrected chi connectivity index (χ4v) is 1.87. The fraction of sp³-hybridized carbons (Fsp3) is 0.167. The fourth-order valence-electron chi connectivity index (χ4n) is 1.31. The van der Waals surface area contributed by atoms with Gasteiger partial charge in [0.1, 0.15) is 0 Å². The molecule has 4 N–H and O–H groups in total. The number of amides is 1. The number of anilines is 1. The SMILES string of the molecule is CC(C(=O)O)=C(C)C(=O)Nc1cccc(S(N)(=O)=O)c1. The van der Waals surface area contributed by atoms with E-state index < -0.39 is 21.9 Å². The Hall–Kier alpha value is -2.19. The topological polar surface area (TPSA) is 127 Å². The van der Waals surface area contributed by atoms with Crippen molar-refractivity contribution in [3.05, 3.63) is 35.4 Å². The maximum absolute atomic E-state index is 11.8. The van der Waals surface area contributed by atoms with Crippen LogP contribution in [0.25, 0.3) is 0 Å². The molecule has 108 valence electrons. The number of sulfonamides is 1. The van der Waals surface area contributed by atoms with Crippen LogP contribution >= 0.6 is 0 Å². The molecule has 1 aromatic rings. The number of rotatable bonds is 4. The van der Waals surface area contributed by atoms with E-state index in [1.807, 2.05) is 0 Å². The molecule has 1 amide bonds. The standard InChI is InChI=1S/C12H14N2O5S/c1-7(8(2)12(16)17)11(15)14-9-4-3-5-10(6-9)20(13,18)19/h3-6H,1-2H3,(H,14,15)(H,16,17)(H2,13,18,19). The predicted molar refractivity (Wildman–Crippen MR) is 72.5 cm³/mol. The van der Waals surface area contributed by atoms with Gasteiger partial charge in [0.15, 0.2) is 0 Å². The number of hydrogen-bond acceptors (Lipinski definition) is 4. The van der Waals surface area contributed by atoms with Gasteiger partial charge in [0.05, 0.1) is 4.90 Å². The molecule has 0 saturated heterocycles. The third kappa shape index (κ3) is 3.90. The average molecular weight is 298 g/mol. The van der Waals surface area contributed by atoms with Crippen LogP contribution in [0.15, 0.2) is 40.3 Å². The van der Waals surface area contributed by atoms with Crippen LogP contribution in [0.5, 0.6) is 0 Å². The van der Waals surface area contributed by atoms with E-state index in [0.29, 0.717) is 0 Å². The van der Waals surface area contributed by atoms with E-state index in [9.17, 15) is 18.0 Å². The average Bonchev–Trinajstić information content (AvgIpc) is 2.36. The molecule has 8 heteroatoms. The van der Waals surface area contributed by atoms with Crippen molar-refractivity contribution in [1.82, 2.24) is 0 Å². The molecule has 0 aromatic heterocycles. The Kier molecular flexibility index (Phi) is 4.64. The van der Waals surface area contributed by atoms with Gasteiger partial charge in [-0.25, -0.2) is 18.4 Å². The number of carbonyl (C=O) groups is 2. The molecular weight excluding hydrogens is 284 g/mol. The zero-order valence-corrected chi connectivity index (χ0v) is 11.7. The van der Waals surface area contributed by atoms with Gasteiger partial charge >= 0.3 is 5.97 Å². The lowest BCUT2D eigenvalue weighted by atomic mass is 10.1. The summed E-state index contributed by atoms with van der Waals surface area (Å²) in [4.78, 5) is 22.4. The number of carboxylic acid groups (broad SMARTS) is 1. The molecule has 0 aliphatic heterocycles. The lowest BCUT2D eigenvalue weighted by Crippen LogP contribution is -2.17. The van der Waals surface area contributed by atoms with Gasteiger partial charge in [-0.2, -0.15) is 0 Å². The highest BCUT2D eigenvalue weighted by Gasteiger charge is 2.14. The van der Waals surface area contributed by atoms with Crippen LogP contribution in [0.2, 0.25) is 0 Å². The molecule has 0 spiro atoms. The molecule has 0 saturated carbocycles. The Morgan fingerprint density at radius 3 is 2.30 bits per heavy atom. The molecule has 0 atom stereocenters. The summed E-state index contributed by atoms with van der Waals surface area (Å²) in [6, 6.07) is 5.36. The largest absolute Gasteiger partial charge is 0.478 e. The maximum atomic E-state index is 11.8. The number of nitrogens with two attached hydrogens (primary N) is 1. The van der Waals surface area contributed by atoms with Gasteiger partial charge in [-0.1, -0.05) is 6.07 Å². The highest BCUT2D eigenvalue weighted by molar-refractivity contribution is 7.89. The number of hydrogen-bond donors (Lipinski definition) is 3. The summed E-state index contributed by atoms with van der Waals surface area (Å²) in [6.45, 7) is 2.67. The molecule has 1 rings (SSSR count). The van der Waals surface area contributed by atoms with E-state index in [1.165, 1.54) is 38.1 Å². The van der Waals surface area contributed by atoms with Crippen LogP contribution in [-0.4, -0.2) is 25.4 Å². The summed E-state index contributed by atoms with van der Waals surface area (Å²) in [5.41, 5.74) is 0.141. The number of aliphatic carboxylic acids is 1. The molecule has 7 nitrogen and oxygen atoms in total. The van der Waals surface area contributed by atoms with Gasteiger partial charge in [-0.3, -0.25) is 4.79 Å². The normalized spacial score (nSPS) is 12.6.